The molecule has 1 unspecified atom stereocenters. The van der Waals surface area contributed by atoms with Crippen molar-refractivity contribution < 1.29 is 14.1 Å². The monoisotopic (exact) mass is 414 g/mol. The minimum absolute atomic E-state index is 0.0518. The molecule has 7 nitrogen and oxygen atoms in total. The summed E-state index contributed by atoms with van der Waals surface area (Å²) < 4.78 is 10.8. The van der Waals surface area contributed by atoms with Crippen LogP contribution in [0.15, 0.2) is 28.8 Å². The molecule has 2 aromatic rings. The summed E-state index contributed by atoms with van der Waals surface area (Å²) in [5.41, 5.74) is 2.33. The van der Waals surface area contributed by atoms with Crippen molar-refractivity contribution in [1.82, 2.24) is 20.4 Å². The Labute approximate surface area is 179 Å². The van der Waals surface area contributed by atoms with Crippen molar-refractivity contribution in [3.05, 3.63) is 47.1 Å². The molecule has 7 heteroatoms. The number of aryl methyl sites for hydroxylation is 2. The Morgan fingerprint density at radius 3 is 2.53 bits per heavy atom. The van der Waals surface area contributed by atoms with Crippen LogP contribution in [0.25, 0.3) is 0 Å². The van der Waals surface area contributed by atoms with Crippen molar-refractivity contribution in [1.29, 1.82) is 0 Å². The second kappa shape index (κ2) is 10.2. The zero-order valence-electron chi connectivity index (χ0n) is 18.6. The molecule has 164 valence electrons. The standard InChI is InChI=1S/C23H34N4O3/c1-17-8-10-18(11-9-17)19(27-12-14-29-15-13-27)16-24-20(28)6-5-7-21-25-22(26-30-21)23(2,3)4/h8-11,19H,5-7,12-16H2,1-4H3,(H,24,28). The number of nitrogens with zero attached hydrogens (tertiary/aromatic N) is 3. The Bertz CT molecular complexity index is 805. The number of nitrogens with one attached hydrogen (secondary N) is 1. The molecule has 1 aromatic heterocycles. The zero-order chi connectivity index (χ0) is 21.6. The van der Waals surface area contributed by atoms with E-state index in [4.69, 9.17) is 9.26 Å². The number of hydrogen-bond acceptors (Lipinski definition) is 6. The molecule has 1 aliphatic rings. The third-order valence-electron chi connectivity index (χ3n) is 5.37. The Morgan fingerprint density at radius 1 is 1.20 bits per heavy atom. The first-order valence-electron chi connectivity index (χ1n) is 10.8. The molecular weight excluding hydrogens is 380 g/mol. The quantitative estimate of drug-likeness (QED) is 0.715. The van der Waals surface area contributed by atoms with Gasteiger partial charge in [0.2, 0.25) is 11.8 Å². The van der Waals surface area contributed by atoms with Gasteiger partial charge in [-0.05, 0) is 18.9 Å². The van der Waals surface area contributed by atoms with E-state index >= 15 is 0 Å². The minimum atomic E-state index is -0.135. The molecule has 0 aliphatic carbocycles. The summed E-state index contributed by atoms with van der Waals surface area (Å²) in [7, 11) is 0. The lowest BCUT2D eigenvalue weighted by molar-refractivity contribution is -0.121. The fourth-order valence-corrected chi connectivity index (χ4v) is 3.50. The molecule has 3 rings (SSSR count). The summed E-state index contributed by atoms with van der Waals surface area (Å²) >= 11 is 0. The van der Waals surface area contributed by atoms with Crippen molar-refractivity contribution in [2.24, 2.45) is 0 Å². The fraction of sp³-hybridized carbons (Fsp3) is 0.609. The summed E-state index contributed by atoms with van der Waals surface area (Å²) in [6.07, 6.45) is 1.74. The summed E-state index contributed by atoms with van der Waals surface area (Å²) in [6.45, 7) is 12.0. The largest absolute Gasteiger partial charge is 0.379 e. The molecule has 2 heterocycles. The third kappa shape index (κ3) is 6.37. The predicted octanol–water partition coefficient (Wildman–Crippen LogP) is 3.19. The highest BCUT2D eigenvalue weighted by molar-refractivity contribution is 5.75. The maximum Gasteiger partial charge on any atom is 0.226 e. The lowest BCUT2D eigenvalue weighted by atomic mass is 9.96. The lowest BCUT2D eigenvalue weighted by Gasteiger charge is -2.35. The molecule has 1 saturated heterocycles. The van der Waals surface area contributed by atoms with Crippen LogP contribution in [0.3, 0.4) is 0 Å². The van der Waals surface area contributed by atoms with Gasteiger partial charge in [0.25, 0.3) is 0 Å². The van der Waals surface area contributed by atoms with E-state index in [1.165, 1.54) is 11.1 Å². The Morgan fingerprint density at radius 2 is 1.90 bits per heavy atom. The molecular formula is C23H34N4O3. The normalized spacial score (nSPS) is 16.4. The van der Waals surface area contributed by atoms with Crippen LogP contribution in [0.5, 0.6) is 0 Å². The maximum absolute atomic E-state index is 12.4. The van der Waals surface area contributed by atoms with Crippen LogP contribution in [-0.4, -0.2) is 53.8 Å². The van der Waals surface area contributed by atoms with E-state index in [1.807, 2.05) is 20.8 Å². The number of ether oxygens (including phenoxy) is 1. The first-order valence-corrected chi connectivity index (χ1v) is 10.8. The maximum atomic E-state index is 12.4. The van der Waals surface area contributed by atoms with Gasteiger partial charge in [-0.1, -0.05) is 55.8 Å². The zero-order valence-corrected chi connectivity index (χ0v) is 18.6. The molecule has 1 N–H and O–H groups in total. The molecule has 0 radical (unpaired) electrons. The van der Waals surface area contributed by atoms with Gasteiger partial charge in [-0.15, -0.1) is 0 Å². The van der Waals surface area contributed by atoms with Crippen LogP contribution in [0.4, 0.5) is 0 Å². The fourth-order valence-electron chi connectivity index (χ4n) is 3.50. The SMILES string of the molecule is Cc1ccc(C(CNC(=O)CCCc2nc(C(C)(C)C)no2)N2CCOCC2)cc1. The number of rotatable bonds is 8. The van der Waals surface area contributed by atoms with Gasteiger partial charge in [0, 0.05) is 37.9 Å². The number of carbonyl (C=O) groups excluding carboxylic acids is 1. The van der Waals surface area contributed by atoms with Crippen molar-refractivity contribution in [2.45, 2.75) is 58.4 Å². The second-order valence-electron chi connectivity index (χ2n) is 8.99. The van der Waals surface area contributed by atoms with Gasteiger partial charge < -0.3 is 14.6 Å². The second-order valence-corrected chi connectivity index (χ2v) is 8.99. The number of morpholine rings is 1. The number of hydrogen-bond donors (Lipinski definition) is 1. The van der Waals surface area contributed by atoms with Crippen LogP contribution >= 0.6 is 0 Å². The third-order valence-corrected chi connectivity index (χ3v) is 5.37. The van der Waals surface area contributed by atoms with E-state index in [2.05, 4.69) is 51.5 Å². The highest BCUT2D eigenvalue weighted by atomic mass is 16.5. The summed E-state index contributed by atoms with van der Waals surface area (Å²) in [6, 6.07) is 8.72. The van der Waals surface area contributed by atoms with Gasteiger partial charge in [-0.3, -0.25) is 9.69 Å². The van der Waals surface area contributed by atoms with E-state index in [1.54, 1.807) is 0 Å². The topological polar surface area (TPSA) is 80.5 Å². The van der Waals surface area contributed by atoms with E-state index < -0.39 is 0 Å². The molecule has 0 saturated carbocycles. The molecule has 1 amide bonds. The first kappa shape index (κ1) is 22.4. The van der Waals surface area contributed by atoms with Gasteiger partial charge in [-0.2, -0.15) is 4.98 Å². The highest BCUT2D eigenvalue weighted by Crippen LogP contribution is 2.22. The number of carbonyl (C=O) groups is 1. The average Bonchev–Trinajstić information content (AvgIpc) is 3.20. The van der Waals surface area contributed by atoms with Gasteiger partial charge in [-0.25, -0.2) is 0 Å². The van der Waals surface area contributed by atoms with E-state index in [-0.39, 0.29) is 17.4 Å². The van der Waals surface area contributed by atoms with Gasteiger partial charge in [0.1, 0.15) is 0 Å². The molecule has 1 fully saturated rings. The Kier molecular flexibility index (Phi) is 7.61. The Hall–Kier alpha value is -2.25. The van der Waals surface area contributed by atoms with Crippen molar-refractivity contribution >= 4 is 5.91 Å². The number of amides is 1. The smallest absolute Gasteiger partial charge is 0.226 e. The van der Waals surface area contributed by atoms with Crippen LogP contribution in [0, 0.1) is 6.92 Å². The van der Waals surface area contributed by atoms with E-state index in [9.17, 15) is 4.79 Å². The molecule has 1 aliphatic heterocycles. The van der Waals surface area contributed by atoms with Gasteiger partial charge >= 0.3 is 0 Å². The number of aromatic nitrogens is 2. The summed E-state index contributed by atoms with van der Waals surface area (Å²) in [5, 5.41) is 7.15. The van der Waals surface area contributed by atoms with Crippen LogP contribution < -0.4 is 5.32 Å². The van der Waals surface area contributed by atoms with Gasteiger partial charge in [0.15, 0.2) is 5.82 Å². The molecule has 30 heavy (non-hydrogen) atoms. The van der Waals surface area contributed by atoms with Crippen LogP contribution in [0.1, 0.15) is 62.5 Å². The molecule has 1 aromatic carbocycles. The summed E-state index contributed by atoms with van der Waals surface area (Å²) in [5.74, 6) is 1.35. The van der Waals surface area contributed by atoms with E-state index in [0.29, 0.717) is 37.5 Å². The predicted molar refractivity (Wildman–Crippen MR) is 115 cm³/mol. The van der Waals surface area contributed by atoms with Crippen molar-refractivity contribution in [2.75, 3.05) is 32.8 Å². The van der Waals surface area contributed by atoms with Gasteiger partial charge in [0.05, 0.1) is 19.3 Å². The van der Waals surface area contributed by atoms with Crippen LogP contribution in [0.2, 0.25) is 0 Å². The summed E-state index contributed by atoms with van der Waals surface area (Å²) in [4.78, 5) is 19.3. The average molecular weight is 415 g/mol. The Balaban J connectivity index is 1.50. The molecule has 0 spiro atoms. The molecule has 0 bridgehead atoms. The first-order chi connectivity index (χ1) is 14.3. The lowest BCUT2D eigenvalue weighted by Crippen LogP contribution is -2.43. The molecule has 1 atom stereocenters. The minimum Gasteiger partial charge on any atom is -0.379 e. The van der Waals surface area contributed by atoms with Crippen LogP contribution in [-0.2, 0) is 21.4 Å². The van der Waals surface area contributed by atoms with E-state index in [0.717, 1.165) is 26.3 Å². The van der Waals surface area contributed by atoms with Crippen molar-refractivity contribution in [3.8, 4) is 0 Å². The highest BCUT2D eigenvalue weighted by Gasteiger charge is 2.23. The van der Waals surface area contributed by atoms with Crippen molar-refractivity contribution in [3.63, 3.8) is 0 Å². The number of benzene rings is 1.